The molecular formula is C12H18FNO. The lowest BCUT2D eigenvalue weighted by Crippen LogP contribution is -2.37. The number of aliphatic hydroxyl groups excluding tert-OH is 1. The number of halogens is 1. The molecule has 1 aromatic carbocycles. The average Bonchev–Trinajstić information content (AvgIpc) is 2.15. The highest BCUT2D eigenvalue weighted by molar-refractivity contribution is 5.44. The molecule has 0 fully saturated rings. The molecule has 0 bridgehead atoms. The van der Waals surface area contributed by atoms with E-state index in [0.29, 0.717) is 0 Å². The third kappa shape index (κ3) is 3.51. The van der Waals surface area contributed by atoms with Crippen LogP contribution in [0.4, 0.5) is 10.1 Å². The van der Waals surface area contributed by atoms with E-state index in [1.807, 2.05) is 20.8 Å². The highest BCUT2D eigenvalue weighted by Crippen LogP contribution is 2.22. The van der Waals surface area contributed by atoms with Crippen LogP contribution in [0.15, 0.2) is 24.3 Å². The summed E-state index contributed by atoms with van der Waals surface area (Å²) in [5.74, 6) is -0.253. The first-order valence-corrected chi connectivity index (χ1v) is 5.06. The molecule has 0 heterocycles. The minimum absolute atomic E-state index is 0.0386. The third-order valence-electron chi connectivity index (χ3n) is 2.41. The molecule has 0 saturated carbocycles. The monoisotopic (exact) mass is 211 g/mol. The first kappa shape index (κ1) is 12.0. The summed E-state index contributed by atoms with van der Waals surface area (Å²) in [6.45, 7) is 6.19. The van der Waals surface area contributed by atoms with E-state index in [4.69, 9.17) is 0 Å². The van der Waals surface area contributed by atoms with Crippen LogP contribution in [0, 0.1) is 11.2 Å². The Bertz CT molecular complexity index is 302. The Balaban J connectivity index is 2.71. The van der Waals surface area contributed by atoms with Crippen LogP contribution in [0.25, 0.3) is 0 Å². The van der Waals surface area contributed by atoms with Crippen LogP contribution in [0.2, 0.25) is 0 Å². The van der Waals surface area contributed by atoms with Crippen LogP contribution in [0.5, 0.6) is 0 Å². The Morgan fingerprint density at radius 3 is 2.20 bits per heavy atom. The standard InChI is InChI=1S/C12H18FNO/c1-12(2,3)11(8-15)14-10-6-4-9(13)5-7-10/h4-7,11,14-15H,8H2,1-3H3. The smallest absolute Gasteiger partial charge is 0.123 e. The summed E-state index contributed by atoms with van der Waals surface area (Å²) in [5, 5.41) is 12.4. The topological polar surface area (TPSA) is 32.3 Å². The first-order valence-electron chi connectivity index (χ1n) is 5.06. The Kier molecular flexibility index (Phi) is 3.69. The molecule has 0 aliphatic heterocycles. The van der Waals surface area contributed by atoms with E-state index in [2.05, 4.69) is 5.32 Å². The Labute approximate surface area is 90.1 Å². The van der Waals surface area contributed by atoms with Gasteiger partial charge in [-0.2, -0.15) is 0 Å². The lowest BCUT2D eigenvalue weighted by molar-refractivity contribution is 0.202. The van der Waals surface area contributed by atoms with Crippen LogP contribution >= 0.6 is 0 Å². The number of anilines is 1. The highest BCUT2D eigenvalue weighted by atomic mass is 19.1. The predicted octanol–water partition coefficient (Wildman–Crippen LogP) is 2.64. The molecule has 1 rings (SSSR count). The molecule has 1 atom stereocenters. The summed E-state index contributed by atoms with van der Waals surface area (Å²) in [7, 11) is 0. The van der Waals surface area contributed by atoms with Gasteiger partial charge in [0.05, 0.1) is 12.6 Å². The molecule has 0 saturated heterocycles. The fourth-order valence-corrected chi connectivity index (χ4v) is 1.28. The SMILES string of the molecule is CC(C)(C)C(CO)Nc1ccc(F)cc1. The predicted molar refractivity (Wildman–Crippen MR) is 60.4 cm³/mol. The zero-order valence-electron chi connectivity index (χ0n) is 9.42. The van der Waals surface area contributed by atoms with Gasteiger partial charge in [0.1, 0.15) is 5.82 Å². The van der Waals surface area contributed by atoms with Gasteiger partial charge < -0.3 is 10.4 Å². The number of benzene rings is 1. The molecule has 1 unspecified atom stereocenters. The molecule has 3 heteroatoms. The minimum Gasteiger partial charge on any atom is -0.394 e. The van der Waals surface area contributed by atoms with Gasteiger partial charge in [-0.25, -0.2) is 4.39 Å². The number of hydrogen-bond acceptors (Lipinski definition) is 2. The van der Waals surface area contributed by atoms with E-state index in [0.717, 1.165) is 5.69 Å². The van der Waals surface area contributed by atoms with Crippen LogP contribution in [-0.4, -0.2) is 17.8 Å². The van der Waals surface area contributed by atoms with Crippen LogP contribution in [0.1, 0.15) is 20.8 Å². The molecule has 1 aromatic rings. The lowest BCUT2D eigenvalue weighted by Gasteiger charge is -2.30. The van der Waals surface area contributed by atoms with E-state index >= 15 is 0 Å². The van der Waals surface area contributed by atoms with Crippen molar-refractivity contribution in [2.24, 2.45) is 5.41 Å². The van der Waals surface area contributed by atoms with Gasteiger partial charge in [-0.05, 0) is 29.7 Å². The number of rotatable bonds is 3. The van der Waals surface area contributed by atoms with Crippen molar-refractivity contribution in [2.75, 3.05) is 11.9 Å². The van der Waals surface area contributed by atoms with Crippen molar-refractivity contribution in [3.8, 4) is 0 Å². The molecule has 0 amide bonds. The molecule has 84 valence electrons. The Morgan fingerprint density at radius 2 is 1.80 bits per heavy atom. The van der Waals surface area contributed by atoms with Crippen molar-refractivity contribution in [3.05, 3.63) is 30.1 Å². The van der Waals surface area contributed by atoms with E-state index in [-0.39, 0.29) is 23.9 Å². The van der Waals surface area contributed by atoms with Gasteiger partial charge in [-0.1, -0.05) is 20.8 Å². The molecule has 0 spiro atoms. The summed E-state index contributed by atoms with van der Waals surface area (Å²) in [6.07, 6.45) is 0. The van der Waals surface area contributed by atoms with Gasteiger partial charge in [0.25, 0.3) is 0 Å². The van der Waals surface area contributed by atoms with Crippen LogP contribution in [-0.2, 0) is 0 Å². The summed E-state index contributed by atoms with van der Waals surface area (Å²) in [6, 6.07) is 6.11. The summed E-state index contributed by atoms with van der Waals surface area (Å²) < 4.78 is 12.7. The van der Waals surface area contributed by atoms with Gasteiger partial charge in [0.15, 0.2) is 0 Å². The van der Waals surface area contributed by atoms with Crippen LogP contribution in [0.3, 0.4) is 0 Å². The molecule has 0 radical (unpaired) electrons. The number of aliphatic hydroxyl groups is 1. The van der Waals surface area contributed by atoms with Gasteiger partial charge in [-0.15, -0.1) is 0 Å². The summed E-state index contributed by atoms with van der Waals surface area (Å²) in [4.78, 5) is 0. The van der Waals surface area contributed by atoms with Gasteiger partial charge >= 0.3 is 0 Å². The van der Waals surface area contributed by atoms with Gasteiger partial charge in [0, 0.05) is 5.69 Å². The molecule has 0 aliphatic rings. The number of nitrogens with one attached hydrogen (secondary N) is 1. The Morgan fingerprint density at radius 1 is 1.27 bits per heavy atom. The molecule has 2 nitrogen and oxygen atoms in total. The quantitative estimate of drug-likeness (QED) is 0.805. The van der Waals surface area contributed by atoms with E-state index < -0.39 is 0 Å². The van der Waals surface area contributed by atoms with Crippen LogP contribution < -0.4 is 5.32 Å². The van der Waals surface area contributed by atoms with E-state index in [1.165, 1.54) is 12.1 Å². The second-order valence-corrected chi connectivity index (χ2v) is 4.75. The van der Waals surface area contributed by atoms with Crippen molar-refractivity contribution in [1.82, 2.24) is 0 Å². The van der Waals surface area contributed by atoms with Crippen molar-refractivity contribution < 1.29 is 9.50 Å². The van der Waals surface area contributed by atoms with Crippen molar-refractivity contribution in [2.45, 2.75) is 26.8 Å². The lowest BCUT2D eigenvalue weighted by atomic mass is 9.87. The van der Waals surface area contributed by atoms with Gasteiger partial charge in [-0.3, -0.25) is 0 Å². The third-order valence-corrected chi connectivity index (χ3v) is 2.41. The Hall–Kier alpha value is -1.09. The van der Waals surface area contributed by atoms with Crippen molar-refractivity contribution >= 4 is 5.69 Å². The zero-order chi connectivity index (χ0) is 11.5. The van der Waals surface area contributed by atoms with Crippen molar-refractivity contribution in [3.63, 3.8) is 0 Å². The van der Waals surface area contributed by atoms with E-state index in [9.17, 15) is 9.50 Å². The maximum atomic E-state index is 12.7. The summed E-state index contributed by atoms with van der Waals surface area (Å²) in [5.41, 5.74) is 0.786. The largest absolute Gasteiger partial charge is 0.394 e. The fraction of sp³-hybridized carbons (Fsp3) is 0.500. The highest BCUT2D eigenvalue weighted by Gasteiger charge is 2.23. The van der Waals surface area contributed by atoms with Crippen molar-refractivity contribution in [1.29, 1.82) is 0 Å². The molecule has 15 heavy (non-hydrogen) atoms. The average molecular weight is 211 g/mol. The maximum absolute atomic E-state index is 12.7. The zero-order valence-corrected chi connectivity index (χ0v) is 9.42. The molecule has 2 N–H and O–H groups in total. The first-order chi connectivity index (χ1) is 6.93. The second kappa shape index (κ2) is 4.62. The normalized spacial score (nSPS) is 13.7. The molecular weight excluding hydrogens is 193 g/mol. The molecule has 0 aromatic heterocycles. The van der Waals surface area contributed by atoms with Gasteiger partial charge in [0.2, 0.25) is 0 Å². The fourth-order valence-electron chi connectivity index (χ4n) is 1.28. The second-order valence-electron chi connectivity index (χ2n) is 4.75. The van der Waals surface area contributed by atoms with E-state index in [1.54, 1.807) is 12.1 Å². The summed E-state index contributed by atoms with van der Waals surface area (Å²) >= 11 is 0. The number of hydrogen-bond donors (Lipinski definition) is 2. The maximum Gasteiger partial charge on any atom is 0.123 e. The molecule has 0 aliphatic carbocycles. The minimum atomic E-state index is -0.253.